The van der Waals surface area contributed by atoms with E-state index in [2.05, 4.69) is 15.0 Å². The van der Waals surface area contributed by atoms with Crippen molar-refractivity contribution < 1.29 is 24.9 Å². The van der Waals surface area contributed by atoms with E-state index < -0.39 is 24.6 Å². The quantitative estimate of drug-likeness (QED) is 0.0810. The van der Waals surface area contributed by atoms with E-state index in [4.69, 9.17) is 38.6 Å². The Balaban J connectivity index is 1.63. The summed E-state index contributed by atoms with van der Waals surface area (Å²) >= 11 is 5.80. The molecular weight excluding hydrogens is 488 g/mol. The molecule has 2 atom stereocenters. The Morgan fingerprint density at radius 3 is 2.44 bits per heavy atom. The topological polar surface area (TPSA) is 203 Å². The number of rotatable bonds is 16. The minimum absolute atomic E-state index is 0.0421. The van der Waals surface area contributed by atoms with Crippen molar-refractivity contribution in [3.05, 3.63) is 40.7 Å². The number of aliphatic hydroxyl groups excluding tert-OH is 3. The lowest BCUT2D eigenvalue weighted by Crippen LogP contribution is -2.29. The molecule has 12 heteroatoms. The van der Waals surface area contributed by atoms with Gasteiger partial charge in [0.1, 0.15) is 17.7 Å². The summed E-state index contributed by atoms with van der Waals surface area (Å²) in [6, 6.07) is 7.85. The molecule has 11 nitrogen and oxygen atoms in total. The lowest BCUT2D eigenvalue weighted by Gasteiger charge is -2.15. The highest BCUT2D eigenvalue weighted by Gasteiger charge is 2.17. The molecule has 2 aromatic rings. The molecule has 1 heterocycles. The van der Waals surface area contributed by atoms with E-state index in [0.717, 1.165) is 31.4 Å². The van der Waals surface area contributed by atoms with Crippen LogP contribution in [0.25, 0.3) is 0 Å². The van der Waals surface area contributed by atoms with Crippen LogP contribution in [0, 0.1) is 0 Å². The number of nitrogens with two attached hydrogens (primary N) is 3. The fourth-order valence-electron chi connectivity index (χ4n) is 3.33. The normalized spacial score (nSPS) is 13.4. The van der Waals surface area contributed by atoms with Crippen molar-refractivity contribution >= 4 is 34.9 Å². The molecule has 198 valence electrons. The van der Waals surface area contributed by atoms with Gasteiger partial charge in [-0.25, -0.2) is 9.97 Å². The molecule has 2 rings (SSSR count). The van der Waals surface area contributed by atoms with Crippen LogP contribution in [0.4, 0.5) is 11.6 Å². The second kappa shape index (κ2) is 15.2. The molecule has 0 unspecified atom stereocenters. The van der Waals surface area contributed by atoms with Gasteiger partial charge in [-0.15, -0.1) is 0 Å². The minimum atomic E-state index is -1.09. The van der Waals surface area contributed by atoms with Gasteiger partial charge in [0.15, 0.2) is 28.3 Å². The van der Waals surface area contributed by atoms with Crippen LogP contribution in [-0.4, -0.2) is 68.9 Å². The molecule has 0 saturated carbocycles. The third kappa shape index (κ3) is 9.94. The number of amidine groups is 1. The summed E-state index contributed by atoms with van der Waals surface area (Å²) < 4.78 is 5.70. The number of nitrogens with zero attached hydrogens (tertiary/aromatic N) is 3. The van der Waals surface area contributed by atoms with Crippen molar-refractivity contribution in [2.24, 2.45) is 10.7 Å². The summed E-state index contributed by atoms with van der Waals surface area (Å²) in [5.41, 5.74) is 18.2. The van der Waals surface area contributed by atoms with Crippen molar-refractivity contribution in [2.75, 3.05) is 31.2 Å². The van der Waals surface area contributed by atoms with Gasteiger partial charge in [0.05, 0.1) is 25.7 Å². The molecule has 0 fully saturated rings. The summed E-state index contributed by atoms with van der Waals surface area (Å²) in [6.07, 6.45) is 2.28. The predicted octanol–water partition coefficient (Wildman–Crippen LogP) is 1.51. The average Bonchev–Trinajstić information content (AvgIpc) is 2.85. The first kappa shape index (κ1) is 29.2. The van der Waals surface area contributed by atoms with Crippen LogP contribution >= 0.6 is 11.6 Å². The lowest BCUT2D eigenvalue weighted by atomic mass is 10.1. The van der Waals surface area contributed by atoms with E-state index in [9.17, 15) is 15.0 Å². The van der Waals surface area contributed by atoms with Crippen molar-refractivity contribution in [1.29, 1.82) is 0 Å². The van der Waals surface area contributed by atoms with Crippen LogP contribution in [0.2, 0.25) is 5.15 Å². The molecule has 1 aromatic heterocycles. The van der Waals surface area contributed by atoms with Gasteiger partial charge in [-0.2, -0.15) is 0 Å². The number of carbonyl (C=O) groups is 1. The summed E-state index contributed by atoms with van der Waals surface area (Å²) in [6.45, 7) is 0.557. The van der Waals surface area contributed by atoms with Crippen molar-refractivity contribution in [3.63, 3.8) is 0 Å². The Kier molecular flexibility index (Phi) is 12.3. The standard InChI is InChI=1S/C24H35ClN6O5/c25-22-24(28)31-23(27)21(30-22)18(34)13-20(26)29-11-3-1-5-15-7-9-16(10-8-15)36-12-4-2-6-17(33)19(35)14-32/h7-10,17,19,32-33,35H,1-6,11-14H2,(H2,26,29)(H4,27,28,31)/t17-,19+/m0/s1. The molecule has 36 heavy (non-hydrogen) atoms. The number of benzene rings is 1. The number of carbonyl (C=O) groups excluding carboxylic acids is 1. The van der Waals surface area contributed by atoms with Gasteiger partial charge in [0.2, 0.25) is 0 Å². The Bertz CT molecular complexity index is 1010. The van der Waals surface area contributed by atoms with Gasteiger partial charge in [0, 0.05) is 6.54 Å². The monoisotopic (exact) mass is 522 g/mol. The van der Waals surface area contributed by atoms with Gasteiger partial charge >= 0.3 is 0 Å². The number of unbranched alkanes of at least 4 members (excludes halogenated alkanes) is 2. The maximum Gasteiger partial charge on any atom is 0.192 e. The number of ether oxygens (including phenoxy) is 1. The second-order valence-electron chi connectivity index (χ2n) is 8.37. The number of aliphatic imine (C=N–C) groups is 1. The van der Waals surface area contributed by atoms with E-state index in [-0.39, 0.29) is 34.7 Å². The largest absolute Gasteiger partial charge is 0.494 e. The molecule has 0 aliphatic rings. The number of hydrogen-bond donors (Lipinski definition) is 6. The summed E-state index contributed by atoms with van der Waals surface area (Å²) in [4.78, 5) is 24.2. The highest BCUT2D eigenvalue weighted by molar-refractivity contribution is 6.31. The average molecular weight is 523 g/mol. The first-order valence-electron chi connectivity index (χ1n) is 11.8. The minimum Gasteiger partial charge on any atom is -0.494 e. The van der Waals surface area contributed by atoms with Gasteiger partial charge in [-0.1, -0.05) is 23.7 Å². The number of nitrogen functional groups attached to an aromatic ring is 2. The van der Waals surface area contributed by atoms with Crippen LogP contribution in [0.5, 0.6) is 5.75 Å². The smallest absolute Gasteiger partial charge is 0.192 e. The molecule has 1 aromatic carbocycles. The van der Waals surface area contributed by atoms with E-state index in [1.54, 1.807) is 0 Å². The van der Waals surface area contributed by atoms with Crippen molar-refractivity contribution in [1.82, 2.24) is 9.97 Å². The Morgan fingerprint density at radius 2 is 1.75 bits per heavy atom. The fraction of sp³-hybridized carbons (Fsp3) is 0.500. The highest BCUT2D eigenvalue weighted by atomic mass is 35.5. The number of anilines is 2. The van der Waals surface area contributed by atoms with E-state index >= 15 is 0 Å². The molecule has 0 aliphatic carbocycles. The number of halogens is 1. The van der Waals surface area contributed by atoms with E-state index in [0.29, 0.717) is 26.0 Å². The fourth-order valence-corrected chi connectivity index (χ4v) is 3.45. The summed E-state index contributed by atoms with van der Waals surface area (Å²) in [5.74, 6) is 0.392. The number of ketones is 1. The van der Waals surface area contributed by atoms with Crippen LogP contribution in [0.1, 0.15) is 54.6 Å². The summed E-state index contributed by atoms with van der Waals surface area (Å²) in [7, 11) is 0. The Hall–Kier alpha value is -2.99. The van der Waals surface area contributed by atoms with Crippen LogP contribution in [-0.2, 0) is 6.42 Å². The Labute approximate surface area is 215 Å². The highest BCUT2D eigenvalue weighted by Crippen LogP contribution is 2.19. The van der Waals surface area contributed by atoms with Gasteiger partial charge < -0.3 is 37.3 Å². The summed E-state index contributed by atoms with van der Waals surface area (Å²) in [5, 5.41) is 27.6. The molecule has 0 aliphatic heterocycles. The van der Waals surface area contributed by atoms with Crippen molar-refractivity contribution in [3.8, 4) is 5.75 Å². The number of aromatic nitrogens is 2. The SMILES string of the molecule is NC(CC(=O)c1nc(Cl)c(N)nc1N)=NCCCCc1ccc(OCCCC[C@H](O)[C@H](O)CO)cc1. The number of hydrogen-bond acceptors (Lipinski definition) is 10. The number of aliphatic hydroxyl groups is 3. The maximum absolute atomic E-state index is 12.3. The third-order valence-corrected chi connectivity index (χ3v) is 5.69. The predicted molar refractivity (Wildman–Crippen MR) is 139 cm³/mol. The molecule has 0 radical (unpaired) electrons. The van der Waals surface area contributed by atoms with Crippen LogP contribution in [0.15, 0.2) is 29.3 Å². The number of Topliss-reactive ketones (excluding diaryl/α,β-unsaturated/α-hetero) is 1. The van der Waals surface area contributed by atoms with Crippen LogP contribution in [0.3, 0.4) is 0 Å². The van der Waals surface area contributed by atoms with Gasteiger partial charge in [-0.3, -0.25) is 9.79 Å². The first-order chi connectivity index (χ1) is 17.2. The zero-order valence-corrected chi connectivity index (χ0v) is 20.9. The van der Waals surface area contributed by atoms with Crippen LogP contribution < -0.4 is 21.9 Å². The molecule has 0 amide bonds. The van der Waals surface area contributed by atoms with Crippen molar-refractivity contribution in [2.45, 2.75) is 57.2 Å². The number of aryl methyl sites for hydroxylation is 1. The first-order valence-corrected chi connectivity index (χ1v) is 12.2. The van der Waals surface area contributed by atoms with E-state index in [1.165, 1.54) is 5.56 Å². The van der Waals surface area contributed by atoms with E-state index in [1.807, 2.05) is 24.3 Å². The molecule has 0 bridgehead atoms. The van der Waals surface area contributed by atoms with Gasteiger partial charge in [-0.05, 0) is 56.2 Å². The third-order valence-electron chi connectivity index (χ3n) is 5.42. The molecular formula is C24H35ClN6O5. The molecule has 0 spiro atoms. The maximum atomic E-state index is 12.3. The molecule has 9 N–H and O–H groups in total. The zero-order valence-electron chi connectivity index (χ0n) is 20.1. The molecule has 0 saturated heterocycles. The second-order valence-corrected chi connectivity index (χ2v) is 8.73. The van der Waals surface area contributed by atoms with Gasteiger partial charge in [0.25, 0.3) is 0 Å². The zero-order chi connectivity index (χ0) is 26.5. The lowest BCUT2D eigenvalue weighted by molar-refractivity contribution is -0.0187. The Morgan fingerprint density at radius 1 is 1.03 bits per heavy atom.